The largest absolute Gasteiger partial charge is 0.311 e. The van der Waals surface area contributed by atoms with E-state index in [0.29, 0.717) is 0 Å². The summed E-state index contributed by atoms with van der Waals surface area (Å²) < 4.78 is 25.4. The molecule has 2 N–H and O–H groups in total. The van der Waals surface area contributed by atoms with Gasteiger partial charge in [0.15, 0.2) is 0 Å². The monoisotopic (exact) mass is 276 g/mol. The fourth-order valence-electron chi connectivity index (χ4n) is 1.85. The van der Waals surface area contributed by atoms with Gasteiger partial charge in [-0.3, -0.25) is 0 Å². The zero-order valence-electron chi connectivity index (χ0n) is 11.2. The predicted octanol–water partition coefficient (Wildman–Crippen LogP) is 2.84. The topological polar surface area (TPSA) is 24.1 Å². The van der Waals surface area contributed by atoms with Gasteiger partial charge in [0, 0.05) is 26.2 Å². The molecule has 0 amide bonds. The van der Waals surface area contributed by atoms with Crippen LogP contribution in [0.2, 0.25) is 0 Å². The second-order valence-electron chi connectivity index (χ2n) is 4.61. The fraction of sp³-hybridized carbons (Fsp3) is 0.250. The molecule has 0 aromatic heterocycles. The summed E-state index contributed by atoms with van der Waals surface area (Å²) in [6, 6.07) is 12.9. The van der Waals surface area contributed by atoms with Crippen LogP contribution in [0.3, 0.4) is 0 Å². The maximum Gasteiger partial charge on any atom is 0.123 e. The summed E-state index contributed by atoms with van der Waals surface area (Å²) in [7, 11) is 0. The summed E-state index contributed by atoms with van der Waals surface area (Å²) in [5.41, 5.74) is 2.12. The van der Waals surface area contributed by atoms with Crippen LogP contribution in [0, 0.1) is 11.6 Å². The van der Waals surface area contributed by atoms with E-state index in [4.69, 9.17) is 0 Å². The zero-order chi connectivity index (χ0) is 14.2. The minimum absolute atomic E-state index is 0.213. The minimum atomic E-state index is -0.213. The summed E-state index contributed by atoms with van der Waals surface area (Å²) >= 11 is 0. The van der Waals surface area contributed by atoms with Crippen molar-refractivity contribution in [2.75, 3.05) is 13.1 Å². The van der Waals surface area contributed by atoms with E-state index in [1.165, 1.54) is 24.3 Å². The van der Waals surface area contributed by atoms with Crippen molar-refractivity contribution in [3.8, 4) is 0 Å². The average Bonchev–Trinajstić information content (AvgIpc) is 2.46. The Morgan fingerprint density at radius 1 is 0.600 bits per heavy atom. The number of hydrogen-bond donors (Lipinski definition) is 2. The van der Waals surface area contributed by atoms with Gasteiger partial charge >= 0.3 is 0 Å². The Labute approximate surface area is 117 Å². The van der Waals surface area contributed by atoms with Crippen LogP contribution in [0.25, 0.3) is 0 Å². The summed E-state index contributed by atoms with van der Waals surface area (Å²) in [5.74, 6) is -0.426. The first-order valence-electron chi connectivity index (χ1n) is 6.64. The molecule has 0 aliphatic rings. The van der Waals surface area contributed by atoms with Crippen LogP contribution in [0.4, 0.5) is 8.78 Å². The quantitative estimate of drug-likeness (QED) is 0.760. The first-order valence-corrected chi connectivity index (χ1v) is 6.64. The van der Waals surface area contributed by atoms with Crippen molar-refractivity contribution >= 4 is 0 Å². The molecule has 0 heterocycles. The predicted molar refractivity (Wildman–Crippen MR) is 76.2 cm³/mol. The Balaban J connectivity index is 1.57. The van der Waals surface area contributed by atoms with Crippen molar-refractivity contribution in [3.63, 3.8) is 0 Å². The van der Waals surface area contributed by atoms with Crippen LogP contribution in [0.15, 0.2) is 48.5 Å². The molecule has 0 aliphatic carbocycles. The van der Waals surface area contributed by atoms with Crippen molar-refractivity contribution in [2.24, 2.45) is 0 Å². The van der Waals surface area contributed by atoms with Crippen molar-refractivity contribution in [1.29, 1.82) is 0 Å². The maximum atomic E-state index is 12.7. The van der Waals surface area contributed by atoms with E-state index in [-0.39, 0.29) is 11.6 Å². The molecule has 0 atom stereocenters. The van der Waals surface area contributed by atoms with Crippen molar-refractivity contribution in [1.82, 2.24) is 10.6 Å². The van der Waals surface area contributed by atoms with Crippen LogP contribution >= 0.6 is 0 Å². The van der Waals surface area contributed by atoms with Crippen LogP contribution in [-0.4, -0.2) is 13.1 Å². The highest BCUT2D eigenvalue weighted by molar-refractivity contribution is 5.16. The number of rotatable bonds is 7. The van der Waals surface area contributed by atoms with Crippen molar-refractivity contribution < 1.29 is 8.78 Å². The Kier molecular flexibility index (Phi) is 5.65. The number of nitrogens with one attached hydrogen (secondary N) is 2. The molecule has 2 aromatic rings. The number of halogens is 2. The standard InChI is InChI=1S/C16H18F2N2/c17-15-5-1-13(2-6-15)11-19-9-10-20-12-14-3-7-16(18)8-4-14/h1-8,19-20H,9-12H2. The molecule has 4 heteroatoms. The van der Waals surface area contributed by atoms with E-state index in [9.17, 15) is 8.78 Å². The van der Waals surface area contributed by atoms with Crippen molar-refractivity contribution in [3.05, 3.63) is 71.3 Å². The third-order valence-corrected chi connectivity index (χ3v) is 2.96. The first kappa shape index (κ1) is 14.6. The van der Waals surface area contributed by atoms with Gasteiger partial charge in [-0.25, -0.2) is 8.78 Å². The molecule has 20 heavy (non-hydrogen) atoms. The SMILES string of the molecule is Fc1ccc(CNCCNCc2ccc(F)cc2)cc1. The zero-order valence-corrected chi connectivity index (χ0v) is 11.2. The van der Waals surface area contributed by atoms with Gasteiger partial charge in [-0.15, -0.1) is 0 Å². The molecular weight excluding hydrogens is 258 g/mol. The van der Waals surface area contributed by atoms with E-state index in [1.54, 1.807) is 24.3 Å². The molecule has 0 spiro atoms. The molecule has 0 radical (unpaired) electrons. The van der Waals surface area contributed by atoms with E-state index < -0.39 is 0 Å². The van der Waals surface area contributed by atoms with Gasteiger partial charge in [0.1, 0.15) is 11.6 Å². The molecule has 0 aliphatic heterocycles. The highest BCUT2D eigenvalue weighted by atomic mass is 19.1. The fourth-order valence-corrected chi connectivity index (χ4v) is 1.85. The third kappa shape index (κ3) is 5.07. The summed E-state index contributed by atoms with van der Waals surface area (Å²) in [6.45, 7) is 3.08. The summed E-state index contributed by atoms with van der Waals surface area (Å²) in [6.07, 6.45) is 0. The molecular formula is C16H18F2N2. The lowest BCUT2D eigenvalue weighted by Gasteiger charge is -2.07. The minimum Gasteiger partial charge on any atom is -0.311 e. The molecule has 0 unspecified atom stereocenters. The van der Waals surface area contributed by atoms with Gasteiger partial charge in [0.25, 0.3) is 0 Å². The Morgan fingerprint density at radius 2 is 0.950 bits per heavy atom. The van der Waals surface area contributed by atoms with Gasteiger partial charge < -0.3 is 10.6 Å². The highest BCUT2D eigenvalue weighted by Crippen LogP contribution is 2.02. The number of hydrogen-bond acceptors (Lipinski definition) is 2. The highest BCUT2D eigenvalue weighted by Gasteiger charge is 1.95. The van der Waals surface area contributed by atoms with Crippen LogP contribution in [0.5, 0.6) is 0 Å². The van der Waals surface area contributed by atoms with E-state index in [0.717, 1.165) is 37.3 Å². The van der Waals surface area contributed by atoms with Crippen LogP contribution in [0.1, 0.15) is 11.1 Å². The molecule has 0 saturated carbocycles. The lowest BCUT2D eigenvalue weighted by atomic mass is 10.2. The molecule has 0 saturated heterocycles. The second kappa shape index (κ2) is 7.72. The van der Waals surface area contributed by atoms with Crippen molar-refractivity contribution in [2.45, 2.75) is 13.1 Å². The smallest absolute Gasteiger partial charge is 0.123 e. The Hall–Kier alpha value is -1.78. The number of benzene rings is 2. The normalized spacial score (nSPS) is 10.7. The van der Waals surface area contributed by atoms with Gasteiger partial charge in [-0.2, -0.15) is 0 Å². The van der Waals surface area contributed by atoms with Crippen LogP contribution in [-0.2, 0) is 13.1 Å². The molecule has 2 rings (SSSR count). The lowest BCUT2D eigenvalue weighted by molar-refractivity contribution is 0.604. The third-order valence-electron chi connectivity index (χ3n) is 2.96. The molecule has 2 nitrogen and oxygen atoms in total. The molecule has 106 valence electrons. The summed E-state index contributed by atoms with van der Waals surface area (Å²) in [4.78, 5) is 0. The molecule has 0 fully saturated rings. The molecule has 2 aromatic carbocycles. The second-order valence-corrected chi connectivity index (χ2v) is 4.61. The Morgan fingerprint density at radius 3 is 1.30 bits per heavy atom. The average molecular weight is 276 g/mol. The Bertz CT molecular complexity index is 460. The first-order chi connectivity index (χ1) is 9.74. The summed E-state index contributed by atoms with van der Waals surface area (Å²) in [5, 5.41) is 6.54. The van der Waals surface area contributed by atoms with E-state index in [2.05, 4.69) is 10.6 Å². The van der Waals surface area contributed by atoms with E-state index >= 15 is 0 Å². The van der Waals surface area contributed by atoms with E-state index in [1.807, 2.05) is 0 Å². The van der Waals surface area contributed by atoms with Gasteiger partial charge in [-0.1, -0.05) is 24.3 Å². The van der Waals surface area contributed by atoms with Crippen LogP contribution < -0.4 is 10.6 Å². The maximum absolute atomic E-state index is 12.7. The lowest BCUT2D eigenvalue weighted by Crippen LogP contribution is -2.26. The van der Waals surface area contributed by atoms with Gasteiger partial charge in [0.05, 0.1) is 0 Å². The van der Waals surface area contributed by atoms with Gasteiger partial charge in [0.2, 0.25) is 0 Å². The molecule has 0 bridgehead atoms. The van der Waals surface area contributed by atoms with Gasteiger partial charge in [-0.05, 0) is 35.4 Å².